The van der Waals surface area contributed by atoms with Crippen LogP contribution in [0.3, 0.4) is 0 Å². The molecule has 0 amide bonds. The standard InChI is InChI=1S/C29H32N6/c1-6-22(30)18(4)28(31)26-12-8-10-24(32-26)20-14-17(3)15-21(16-20)25-11-9-13-27(33-25)29-19(5)23(7-2)34-35-29/h8-16,30H,6-7,31H2,1-5H3,(H,34,35)/b28-18-,30-22?. The highest BCUT2D eigenvalue weighted by atomic mass is 15.1. The van der Waals surface area contributed by atoms with E-state index >= 15 is 0 Å². The summed E-state index contributed by atoms with van der Waals surface area (Å²) >= 11 is 0. The number of hydrogen-bond donors (Lipinski definition) is 3. The van der Waals surface area contributed by atoms with E-state index in [1.165, 1.54) is 0 Å². The summed E-state index contributed by atoms with van der Waals surface area (Å²) < 4.78 is 0. The molecule has 0 bridgehead atoms. The van der Waals surface area contributed by atoms with Crippen molar-refractivity contribution in [3.63, 3.8) is 0 Å². The summed E-state index contributed by atoms with van der Waals surface area (Å²) in [4.78, 5) is 9.78. The predicted octanol–water partition coefficient (Wildman–Crippen LogP) is 6.50. The monoisotopic (exact) mass is 464 g/mol. The zero-order valence-electron chi connectivity index (χ0n) is 21.0. The maximum Gasteiger partial charge on any atom is 0.0890 e. The van der Waals surface area contributed by atoms with Gasteiger partial charge in [-0.2, -0.15) is 5.10 Å². The Balaban J connectivity index is 1.75. The molecule has 4 aromatic rings. The highest BCUT2D eigenvalue weighted by Gasteiger charge is 2.13. The minimum absolute atomic E-state index is 0.525. The Labute approximate surface area is 206 Å². The number of nitrogens with zero attached hydrogens (tertiary/aromatic N) is 3. The van der Waals surface area contributed by atoms with E-state index in [-0.39, 0.29) is 0 Å². The molecular formula is C29H32N6. The van der Waals surface area contributed by atoms with Gasteiger partial charge >= 0.3 is 0 Å². The Morgan fingerprint density at radius 1 is 0.914 bits per heavy atom. The second-order valence-electron chi connectivity index (χ2n) is 8.80. The predicted molar refractivity (Wildman–Crippen MR) is 144 cm³/mol. The lowest BCUT2D eigenvalue weighted by molar-refractivity contribution is 0.969. The SMILES string of the molecule is CCC(=N)/C(C)=C(\N)c1cccc(-c2cc(C)cc(-c3cccc(-c4[nH]nc(CC)c4C)n3)c2)n1. The number of rotatable bonds is 7. The van der Waals surface area contributed by atoms with Gasteiger partial charge in [0.1, 0.15) is 0 Å². The summed E-state index contributed by atoms with van der Waals surface area (Å²) in [7, 11) is 0. The first kappa shape index (κ1) is 24.1. The third kappa shape index (κ3) is 4.92. The van der Waals surface area contributed by atoms with Gasteiger partial charge in [0.2, 0.25) is 0 Å². The lowest BCUT2D eigenvalue weighted by Gasteiger charge is -2.11. The topological polar surface area (TPSA) is 104 Å². The van der Waals surface area contributed by atoms with Gasteiger partial charge in [0.25, 0.3) is 0 Å². The van der Waals surface area contributed by atoms with Crippen LogP contribution in [-0.4, -0.2) is 25.9 Å². The number of nitrogens with one attached hydrogen (secondary N) is 2. The van der Waals surface area contributed by atoms with Gasteiger partial charge in [-0.3, -0.25) is 5.10 Å². The van der Waals surface area contributed by atoms with Crippen LogP contribution in [0.5, 0.6) is 0 Å². The van der Waals surface area contributed by atoms with E-state index < -0.39 is 0 Å². The number of aryl methyl sites for hydroxylation is 2. The number of nitrogens with two attached hydrogens (primary N) is 1. The quantitative estimate of drug-likeness (QED) is 0.272. The minimum atomic E-state index is 0.525. The molecule has 35 heavy (non-hydrogen) atoms. The van der Waals surface area contributed by atoms with Crippen LogP contribution in [-0.2, 0) is 6.42 Å². The fourth-order valence-corrected chi connectivity index (χ4v) is 4.21. The molecule has 0 unspecified atom stereocenters. The highest BCUT2D eigenvalue weighted by Crippen LogP contribution is 2.29. The fraction of sp³-hybridized carbons (Fsp3) is 0.241. The number of H-pyrrole nitrogens is 1. The maximum absolute atomic E-state index is 8.12. The molecule has 0 aliphatic rings. The fourth-order valence-electron chi connectivity index (χ4n) is 4.21. The van der Waals surface area contributed by atoms with Crippen molar-refractivity contribution < 1.29 is 0 Å². The minimum Gasteiger partial charge on any atom is -0.397 e. The lowest BCUT2D eigenvalue weighted by Crippen LogP contribution is -2.08. The van der Waals surface area contributed by atoms with Crippen molar-refractivity contribution in [2.24, 2.45) is 5.73 Å². The average Bonchev–Trinajstić information content (AvgIpc) is 3.27. The van der Waals surface area contributed by atoms with Crippen molar-refractivity contribution in [1.29, 1.82) is 5.41 Å². The van der Waals surface area contributed by atoms with Crippen molar-refractivity contribution in [2.75, 3.05) is 0 Å². The van der Waals surface area contributed by atoms with Crippen LogP contribution in [0.4, 0.5) is 0 Å². The van der Waals surface area contributed by atoms with Crippen molar-refractivity contribution in [3.05, 3.63) is 82.7 Å². The van der Waals surface area contributed by atoms with Crippen molar-refractivity contribution in [3.8, 4) is 33.9 Å². The summed E-state index contributed by atoms with van der Waals surface area (Å²) in [5.74, 6) is 0. The van der Waals surface area contributed by atoms with Crippen LogP contribution >= 0.6 is 0 Å². The summed E-state index contributed by atoms with van der Waals surface area (Å²) in [5, 5.41) is 15.7. The number of benzene rings is 1. The average molecular weight is 465 g/mol. The third-order valence-corrected chi connectivity index (χ3v) is 6.35. The normalized spacial score (nSPS) is 11.9. The smallest absolute Gasteiger partial charge is 0.0890 e. The van der Waals surface area contributed by atoms with Gasteiger partial charge in [0.15, 0.2) is 0 Å². The maximum atomic E-state index is 8.12. The van der Waals surface area contributed by atoms with Crippen molar-refractivity contribution >= 4 is 11.4 Å². The van der Waals surface area contributed by atoms with E-state index in [0.717, 1.165) is 62.7 Å². The summed E-state index contributed by atoms with van der Waals surface area (Å²) in [5.41, 5.74) is 17.8. The molecule has 4 N–H and O–H groups in total. The third-order valence-electron chi connectivity index (χ3n) is 6.35. The second-order valence-corrected chi connectivity index (χ2v) is 8.80. The lowest BCUT2D eigenvalue weighted by atomic mass is 10.0. The Morgan fingerprint density at radius 2 is 1.54 bits per heavy atom. The molecule has 0 fully saturated rings. The van der Waals surface area contributed by atoms with E-state index in [9.17, 15) is 0 Å². The molecule has 0 aliphatic heterocycles. The first-order valence-electron chi connectivity index (χ1n) is 12.0. The van der Waals surface area contributed by atoms with Crippen molar-refractivity contribution in [2.45, 2.75) is 47.5 Å². The van der Waals surface area contributed by atoms with Crippen LogP contribution in [0.25, 0.3) is 39.6 Å². The zero-order chi connectivity index (χ0) is 25.1. The molecule has 1 aromatic carbocycles. The van der Waals surface area contributed by atoms with Crippen LogP contribution in [0.1, 0.15) is 49.7 Å². The van der Waals surface area contributed by atoms with Crippen LogP contribution < -0.4 is 5.73 Å². The largest absolute Gasteiger partial charge is 0.397 e. The molecule has 6 heteroatoms. The van der Waals surface area contributed by atoms with E-state index in [1.54, 1.807) is 0 Å². The van der Waals surface area contributed by atoms with Gasteiger partial charge in [-0.1, -0.05) is 26.0 Å². The van der Waals surface area contributed by atoms with E-state index in [4.69, 9.17) is 21.1 Å². The molecule has 178 valence electrons. The van der Waals surface area contributed by atoms with E-state index in [0.29, 0.717) is 23.5 Å². The van der Waals surface area contributed by atoms with Crippen LogP contribution in [0.2, 0.25) is 0 Å². The van der Waals surface area contributed by atoms with E-state index in [2.05, 4.69) is 49.2 Å². The molecule has 0 spiro atoms. The summed E-state index contributed by atoms with van der Waals surface area (Å²) in [6, 6.07) is 18.3. The molecule has 0 saturated heterocycles. The Kier molecular flexibility index (Phi) is 6.92. The molecule has 4 rings (SSSR count). The number of aromatic nitrogens is 4. The van der Waals surface area contributed by atoms with Gasteiger partial charge in [0, 0.05) is 16.8 Å². The zero-order valence-corrected chi connectivity index (χ0v) is 21.0. The van der Waals surface area contributed by atoms with Gasteiger partial charge < -0.3 is 11.1 Å². The molecule has 0 atom stereocenters. The Morgan fingerprint density at radius 3 is 2.17 bits per heavy atom. The van der Waals surface area contributed by atoms with Gasteiger partial charge in [0.05, 0.1) is 39.9 Å². The molecule has 3 heterocycles. The van der Waals surface area contributed by atoms with Crippen LogP contribution in [0, 0.1) is 19.3 Å². The summed E-state index contributed by atoms with van der Waals surface area (Å²) in [6.45, 7) is 10.1. The molecule has 3 aromatic heterocycles. The van der Waals surface area contributed by atoms with Crippen molar-refractivity contribution in [1.82, 2.24) is 20.2 Å². The molecule has 6 nitrogen and oxygen atoms in total. The van der Waals surface area contributed by atoms with E-state index in [1.807, 2.05) is 50.2 Å². The number of aromatic amines is 1. The highest BCUT2D eigenvalue weighted by molar-refractivity contribution is 6.03. The van der Waals surface area contributed by atoms with Gasteiger partial charge in [-0.05, 0) is 92.8 Å². The first-order valence-corrected chi connectivity index (χ1v) is 12.0. The van der Waals surface area contributed by atoms with Gasteiger partial charge in [-0.15, -0.1) is 0 Å². The first-order chi connectivity index (χ1) is 16.8. The number of hydrogen-bond acceptors (Lipinski definition) is 5. The number of allylic oxidation sites excluding steroid dienone is 1. The summed E-state index contributed by atoms with van der Waals surface area (Å²) in [6.07, 6.45) is 1.52. The number of pyridine rings is 2. The molecule has 0 radical (unpaired) electrons. The molecule has 0 aliphatic carbocycles. The molecule has 0 saturated carbocycles. The second kappa shape index (κ2) is 10.1. The molecular weight excluding hydrogens is 432 g/mol. The Bertz CT molecular complexity index is 1430. The van der Waals surface area contributed by atoms with Gasteiger partial charge in [-0.25, -0.2) is 9.97 Å². The Hall–Kier alpha value is -4.06. The van der Waals surface area contributed by atoms with Crippen LogP contribution in [0.15, 0.2) is 60.2 Å².